The molecule has 0 heteroatoms. The first-order valence-corrected chi connectivity index (χ1v) is 3.65. The van der Waals surface area contributed by atoms with E-state index < -0.39 is 0 Å². The smallest absolute Gasteiger partial charge is 0.000118 e. The molecule has 0 saturated carbocycles. The van der Waals surface area contributed by atoms with Gasteiger partial charge in [0, 0.05) is 0 Å². The van der Waals surface area contributed by atoms with Crippen LogP contribution in [0.1, 0.15) is 24.0 Å². The van der Waals surface area contributed by atoms with Crippen LogP contribution in [0.4, 0.5) is 0 Å². The molecule has 1 aromatic rings. The molecule has 1 aromatic carbocycles. The van der Waals surface area contributed by atoms with E-state index in [1.165, 1.54) is 11.1 Å². The van der Waals surface area contributed by atoms with Gasteiger partial charge >= 0.3 is 0 Å². The highest BCUT2D eigenvalue weighted by atomic mass is 14.1. The van der Waals surface area contributed by atoms with E-state index in [0.29, 0.717) is 5.92 Å². The van der Waals surface area contributed by atoms with Crippen LogP contribution in [-0.2, 0) is 0 Å². The van der Waals surface area contributed by atoms with Gasteiger partial charge in [-0.25, -0.2) is 0 Å². The van der Waals surface area contributed by atoms with Gasteiger partial charge in [0.25, 0.3) is 0 Å². The van der Waals surface area contributed by atoms with E-state index in [4.69, 9.17) is 0 Å². The van der Waals surface area contributed by atoms with Crippen molar-refractivity contribution in [3.63, 3.8) is 0 Å². The molecule has 0 aliphatic heterocycles. The summed E-state index contributed by atoms with van der Waals surface area (Å²) in [5, 5.41) is 0. The van der Waals surface area contributed by atoms with Gasteiger partial charge in [0.2, 0.25) is 0 Å². The lowest BCUT2D eigenvalue weighted by Gasteiger charge is -2.01. The molecule has 0 saturated heterocycles. The number of rotatable bonds is 0. The second kappa shape index (κ2) is 1.98. The van der Waals surface area contributed by atoms with E-state index in [0.717, 1.165) is 0 Å². The first-order valence-electron chi connectivity index (χ1n) is 3.65. The van der Waals surface area contributed by atoms with E-state index in [9.17, 15) is 0 Å². The van der Waals surface area contributed by atoms with Crippen molar-refractivity contribution in [1.82, 2.24) is 0 Å². The fourth-order valence-corrected chi connectivity index (χ4v) is 1.43. The Balaban J connectivity index is 2.59. The quantitative estimate of drug-likeness (QED) is 0.506. The van der Waals surface area contributed by atoms with Crippen molar-refractivity contribution in [2.75, 3.05) is 0 Å². The van der Waals surface area contributed by atoms with Crippen molar-refractivity contribution in [3.05, 3.63) is 41.5 Å². The third-order valence-electron chi connectivity index (χ3n) is 2.05. The van der Waals surface area contributed by atoms with Crippen molar-refractivity contribution in [2.24, 2.45) is 0 Å². The van der Waals surface area contributed by atoms with Crippen LogP contribution >= 0.6 is 0 Å². The highest BCUT2D eigenvalue weighted by Gasteiger charge is 2.09. The maximum absolute atomic E-state index is 2.24. The van der Waals surface area contributed by atoms with Crippen LogP contribution in [0, 0.1) is 0 Å². The number of hydrogen-bond acceptors (Lipinski definition) is 0. The van der Waals surface area contributed by atoms with Crippen LogP contribution in [-0.4, -0.2) is 0 Å². The van der Waals surface area contributed by atoms with Gasteiger partial charge < -0.3 is 0 Å². The average Bonchev–Trinajstić information content (AvgIpc) is 2.34. The fourth-order valence-electron chi connectivity index (χ4n) is 1.43. The summed E-state index contributed by atoms with van der Waals surface area (Å²) in [6.07, 6.45) is 4.44. The van der Waals surface area contributed by atoms with Crippen LogP contribution in [0.25, 0.3) is 6.08 Å². The molecule has 0 amide bonds. The molecule has 0 spiro atoms. The zero-order valence-electron chi connectivity index (χ0n) is 6.04. The summed E-state index contributed by atoms with van der Waals surface area (Å²) in [4.78, 5) is 0. The topological polar surface area (TPSA) is 0 Å². The molecule has 10 heavy (non-hydrogen) atoms. The Morgan fingerprint density at radius 2 is 2.00 bits per heavy atom. The van der Waals surface area contributed by atoms with Gasteiger partial charge in [-0.05, 0) is 17.0 Å². The molecule has 0 nitrogen and oxygen atoms in total. The molecular formula is C10H10. The Morgan fingerprint density at radius 1 is 1.20 bits per heavy atom. The second-order valence-electron chi connectivity index (χ2n) is 2.78. The molecule has 0 radical (unpaired) electrons. The SMILES string of the molecule is C[C@@H]1C=Cc2ccccc21. The van der Waals surface area contributed by atoms with Gasteiger partial charge in [-0.3, -0.25) is 0 Å². The number of fused-ring (bicyclic) bond motifs is 1. The highest BCUT2D eigenvalue weighted by Crippen LogP contribution is 2.28. The minimum absolute atomic E-state index is 0.621. The Morgan fingerprint density at radius 3 is 2.80 bits per heavy atom. The molecule has 0 fully saturated rings. The summed E-state index contributed by atoms with van der Waals surface area (Å²) in [6, 6.07) is 8.54. The molecule has 1 aliphatic carbocycles. The third-order valence-corrected chi connectivity index (χ3v) is 2.05. The highest BCUT2D eigenvalue weighted by molar-refractivity contribution is 5.61. The van der Waals surface area contributed by atoms with Crippen molar-refractivity contribution >= 4 is 6.08 Å². The van der Waals surface area contributed by atoms with Gasteiger partial charge in [0.1, 0.15) is 0 Å². The summed E-state index contributed by atoms with van der Waals surface area (Å²) in [5.41, 5.74) is 2.84. The van der Waals surface area contributed by atoms with E-state index >= 15 is 0 Å². The van der Waals surface area contributed by atoms with Crippen LogP contribution in [0.15, 0.2) is 30.3 Å². The zero-order chi connectivity index (χ0) is 6.97. The predicted octanol–water partition coefficient (Wildman–Crippen LogP) is 2.82. The van der Waals surface area contributed by atoms with Gasteiger partial charge in [-0.1, -0.05) is 43.3 Å². The maximum atomic E-state index is 2.24. The van der Waals surface area contributed by atoms with Crippen LogP contribution in [0.3, 0.4) is 0 Å². The standard InChI is InChI=1S/C10H10/c1-8-6-7-9-4-2-3-5-10(8)9/h2-8H,1H3/t8-/m1/s1. The lowest BCUT2D eigenvalue weighted by Crippen LogP contribution is -1.84. The Hall–Kier alpha value is -1.04. The molecule has 0 bridgehead atoms. The van der Waals surface area contributed by atoms with Gasteiger partial charge in [0.15, 0.2) is 0 Å². The molecule has 1 atom stereocenters. The van der Waals surface area contributed by atoms with E-state index in [1.807, 2.05) is 0 Å². The van der Waals surface area contributed by atoms with Crippen molar-refractivity contribution < 1.29 is 0 Å². The first kappa shape index (κ1) is 5.72. The summed E-state index contributed by atoms with van der Waals surface area (Å²) >= 11 is 0. The monoisotopic (exact) mass is 130 g/mol. The summed E-state index contributed by atoms with van der Waals surface area (Å²) in [6.45, 7) is 2.22. The first-order chi connectivity index (χ1) is 4.88. The van der Waals surface area contributed by atoms with Crippen LogP contribution in [0.2, 0.25) is 0 Å². The normalized spacial score (nSPS) is 21.1. The zero-order valence-corrected chi connectivity index (χ0v) is 6.04. The molecule has 0 heterocycles. The van der Waals surface area contributed by atoms with E-state index in [2.05, 4.69) is 43.3 Å². The van der Waals surface area contributed by atoms with Gasteiger partial charge in [-0.15, -0.1) is 0 Å². The predicted molar refractivity (Wildman–Crippen MR) is 43.9 cm³/mol. The van der Waals surface area contributed by atoms with E-state index in [1.54, 1.807) is 0 Å². The molecule has 0 N–H and O–H groups in total. The fraction of sp³-hybridized carbons (Fsp3) is 0.200. The number of hydrogen-bond donors (Lipinski definition) is 0. The third kappa shape index (κ3) is 0.688. The van der Waals surface area contributed by atoms with Crippen LogP contribution < -0.4 is 0 Å². The summed E-state index contributed by atoms with van der Waals surface area (Å²) in [7, 11) is 0. The average molecular weight is 130 g/mol. The lowest BCUT2D eigenvalue weighted by atomic mass is 10.0. The lowest BCUT2D eigenvalue weighted by molar-refractivity contribution is 0.990. The van der Waals surface area contributed by atoms with Crippen molar-refractivity contribution in [3.8, 4) is 0 Å². The summed E-state index contributed by atoms with van der Waals surface area (Å²) < 4.78 is 0. The molecule has 50 valence electrons. The largest absolute Gasteiger partial charge is 0.0767 e. The minimum atomic E-state index is 0.621. The maximum Gasteiger partial charge on any atom is -0.000118 e. The Labute approximate surface area is 61.2 Å². The Kier molecular flexibility index (Phi) is 1.13. The van der Waals surface area contributed by atoms with E-state index in [-0.39, 0.29) is 0 Å². The number of benzene rings is 1. The molecule has 2 rings (SSSR count). The molecular weight excluding hydrogens is 120 g/mol. The van der Waals surface area contributed by atoms with Gasteiger partial charge in [0.05, 0.1) is 0 Å². The summed E-state index contributed by atoms with van der Waals surface area (Å²) in [5.74, 6) is 0.621. The minimum Gasteiger partial charge on any atom is -0.0767 e. The molecule has 1 aliphatic rings. The Bertz CT molecular complexity index is 271. The molecule has 0 aromatic heterocycles. The number of allylic oxidation sites excluding steroid dienone is 1. The second-order valence-corrected chi connectivity index (χ2v) is 2.78. The van der Waals surface area contributed by atoms with Crippen LogP contribution in [0.5, 0.6) is 0 Å². The molecule has 0 unspecified atom stereocenters. The van der Waals surface area contributed by atoms with Gasteiger partial charge in [-0.2, -0.15) is 0 Å². The van der Waals surface area contributed by atoms with Crippen molar-refractivity contribution in [2.45, 2.75) is 12.8 Å². The van der Waals surface area contributed by atoms with Crippen molar-refractivity contribution in [1.29, 1.82) is 0 Å².